The normalized spacial score (nSPS) is 14.3. The molecule has 1 fully saturated rings. The Morgan fingerprint density at radius 1 is 1.15 bits per heavy atom. The van der Waals surface area contributed by atoms with Gasteiger partial charge in [0.15, 0.2) is 0 Å². The molecule has 1 heterocycles. The molecule has 1 N–H and O–H groups in total. The predicted molar refractivity (Wildman–Crippen MR) is 102 cm³/mol. The summed E-state index contributed by atoms with van der Waals surface area (Å²) in [5.74, 6) is 2.19. The van der Waals surface area contributed by atoms with Crippen molar-refractivity contribution in [3.05, 3.63) is 60.0 Å². The van der Waals surface area contributed by atoms with Gasteiger partial charge in [0.25, 0.3) is 5.91 Å². The van der Waals surface area contributed by atoms with Crippen LogP contribution in [0.15, 0.2) is 53.1 Å². The van der Waals surface area contributed by atoms with Crippen LogP contribution in [0.1, 0.15) is 47.8 Å². The fourth-order valence-electron chi connectivity index (χ4n) is 3.37. The van der Waals surface area contributed by atoms with Crippen molar-refractivity contribution in [2.45, 2.75) is 31.6 Å². The molecule has 0 radical (unpaired) electrons. The van der Waals surface area contributed by atoms with Gasteiger partial charge in [0.2, 0.25) is 11.7 Å². The number of carbonyl (C=O) groups is 1. The number of aromatic nitrogens is 2. The number of amides is 1. The van der Waals surface area contributed by atoms with Gasteiger partial charge in [-0.3, -0.25) is 4.79 Å². The third kappa shape index (κ3) is 3.84. The summed E-state index contributed by atoms with van der Waals surface area (Å²) in [6.07, 6.45) is 4.68. The van der Waals surface area contributed by atoms with Gasteiger partial charge in [-0.1, -0.05) is 36.2 Å². The Labute approximate surface area is 157 Å². The van der Waals surface area contributed by atoms with Gasteiger partial charge in [-0.05, 0) is 37.1 Å². The van der Waals surface area contributed by atoms with Crippen LogP contribution in [0.2, 0.25) is 0 Å². The van der Waals surface area contributed by atoms with Crippen LogP contribution >= 0.6 is 0 Å². The molecule has 0 spiro atoms. The summed E-state index contributed by atoms with van der Waals surface area (Å²) in [6.45, 7) is 0. The first-order chi connectivity index (χ1) is 13.2. The zero-order valence-electron chi connectivity index (χ0n) is 15.1. The van der Waals surface area contributed by atoms with Crippen molar-refractivity contribution in [2.75, 3.05) is 12.4 Å². The first kappa shape index (κ1) is 17.3. The van der Waals surface area contributed by atoms with Gasteiger partial charge in [-0.25, -0.2) is 0 Å². The average Bonchev–Trinajstić information content (AvgIpc) is 3.40. The molecule has 1 aliphatic rings. The summed E-state index contributed by atoms with van der Waals surface area (Å²) in [5, 5.41) is 6.96. The van der Waals surface area contributed by atoms with Crippen LogP contribution in [0.3, 0.4) is 0 Å². The molecule has 0 aliphatic heterocycles. The van der Waals surface area contributed by atoms with Crippen molar-refractivity contribution in [2.24, 2.45) is 0 Å². The summed E-state index contributed by atoms with van der Waals surface area (Å²) in [4.78, 5) is 17.0. The van der Waals surface area contributed by atoms with Crippen molar-refractivity contribution in [1.82, 2.24) is 10.1 Å². The molecule has 0 unspecified atom stereocenters. The van der Waals surface area contributed by atoms with Gasteiger partial charge >= 0.3 is 0 Å². The maximum Gasteiger partial charge on any atom is 0.255 e. The molecule has 138 valence electrons. The van der Waals surface area contributed by atoms with Gasteiger partial charge < -0.3 is 14.6 Å². The molecule has 1 aromatic heterocycles. The highest BCUT2D eigenvalue weighted by Gasteiger charge is 2.23. The number of nitrogens with one attached hydrogen (secondary N) is 1. The largest absolute Gasteiger partial charge is 0.497 e. The molecule has 27 heavy (non-hydrogen) atoms. The van der Waals surface area contributed by atoms with Crippen LogP contribution in [0, 0.1) is 0 Å². The highest BCUT2D eigenvalue weighted by atomic mass is 16.5. The molecule has 1 amide bonds. The van der Waals surface area contributed by atoms with Crippen LogP contribution in [0.25, 0.3) is 11.4 Å². The molecule has 0 bridgehead atoms. The second kappa shape index (κ2) is 7.61. The molecule has 6 heteroatoms. The van der Waals surface area contributed by atoms with E-state index in [0.717, 1.165) is 24.3 Å². The SMILES string of the molecule is COc1cccc(NC(=O)c2ccc(-c3noc(C4CCCC4)n3)cc2)c1. The molecular formula is C21H21N3O3. The van der Waals surface area contributed by atoms with Crippen molar-refractivity contribution in [1.29, 1.82) is 0 Å². The highest BCUT2D eigenvalue weighted by molar-refractivity contribution is 6.04. The molecule has 2 aromatic carbocycles. The molecule has 1 aliphatic carbocycles. The summed E-state index contributed by atoms with van der Waals surface area (Å²) >= 11 is 0. The van der Waals surface area contributed by atoms with E-state index in [4.69, 9.17) is 9.26 Å². The summed E-state index contributed by atoms with van der Waals surface area (Å²) < 4.78 is 10.6. The Balaban J connectivity index is 1.46. The van der Waals surface area contributed by atoms with Gasteiger partial charge in [0.1, 0.15) is 5.75 Å². The molecule has 6 nitrogen and oxygen atoms in total. The number of hydrogen-bond acceptors (Lipinski definition) is 5. The number of anilines is 1. The standard InChI is InChI=1S/C21H21N3O3/c1-26-18-8-4-7-17(13-18)22-20(25)15-11-9-14(10-12-15)19-23-21(27-24-19)16-5-2-3-6-16/h4,7-13,16H,2-3,5-6H2,1H3,(H,22,25). The topological polar surface area (TPSA) is 77.2 Å². The van der Waals surface area contributed by atoms with E-state index in [-0.39, 0.29) is 5.91 Å². The Bertz CT molecular complexity index is 928. The first-order valence-corrected chi connectivity index (χ1v) is 9.12. The number of rotatable bonds is 5. The van der Waals surface area contributed by atoms with Crippen LogP contribution in [-0.2, 0) is 0 Å². The van der Waals surface area contributed by atoms with Crippen molar-refractivity contribution < 1.29 is 14.1 Å². The Morgan fingerprint density at radius 2 is 1.93 bits per heavy atom. The lowest BCUT2D eigenvalue weighted by Crippen LogP contribution is -2.11. The van der Waals surface area contributed by atoms with Gasteiger partial charge in [0.05, 0.1) is 7.11 Å². The van der Waals surface area contributed by atoms with Crippen molar-refractivity contribution in [3.63, 3.8) is 0 Å². The lowest BCUT2D eigenvalue weighted by molar-refractivity contribution is 0.102. The van der Waals surface area contributed by atoms with Crippen LogP contribution in [-0.4, -0.2) is 23.2 Å². The zero-order chi connectivity index (χ0) is 18.6. The Kier molecular flexibility index (Phi) is 4.87. The third-order valence-corrected chi connectivity index (χ3v) is 4.88. The van der Waals surface area contributed by atoms with E-state index in [1.54, 1.807) is 25.3 Å². The van der Waals surface area contributed by atoms with E-state index in [0.29, 0.717) is 28.7 Å². The summed E-state index contributed by atoms with van der Waals surface area (Å²) in [5.41, 5.74) is 2.07. The van der Waals surface area contributed by atoms with E-state index in [1.165, 1.54) is 12.8 Å². The average molecular weight is 363 g/mol. The number of ether oxygens (including phenoxy) is 1. The van der Waals surface area contributed by atoms with Crippen LogP contribution in [0.5, 0.6) is 5.75 Å². The van der Waals surface area contributed by atoms with Gasteiger partial charge in [0, 0.05) is 28.8 Å². The van der Waals surface area contributed by atoms with Crippen LogP contribution < -0.4 is 10.1 Å². The van der Waals surface area contributed by atoms with E-state index in [1.807, 2.05) is 30.3 Å². The van der Waals surface area contributed by atoms with E-state index < -0.39 is 0 Å². The second-order valence-electron chi connectivity index (χ2n) is 6.70. The third-order valence-electron chi connectivity index (χ3n) is 4.88. The molecule has 0 saturated heterocycles. The fraction of sp³-hybridized carbons (Fsp3) is 0.286. The molecule has 0 atom stereocenters. The van der Waals surface area contributed by atoms with E-state index in [2.05, 4.69) is 15.5 Å². The first-order valence-electron chi connectivity index (χ1n) is 9.12. The van der Waals surface area contributed by atoms with Gasteiger partial charge in [-0.15, -0.1) is 0 Å². The van der Waals surface area contributed by atoms with E-state index in [9.17, 15) is 4.79 Å². The summed E-state index contributed by atoms with van der Waals surface area (Å²) in [6, 6.07) is 14.4. The minimum atomic E-state index is -0.186. The van der Waals surface area contributed by atoms with Crippen molar-refractivity contribution in [3.8, 4) is 17.1 Å². The lowest BCUT2D eigenvalue weighted by Gasteiger charge is -2.07. The molecule has 1 saturated carbocycles. The number of methoxy groups -OCH3 is 1. The quantitative estimate of drug-likeness (QED) is 0.714. The van der Waals surface area contributed by atoms with E-state index >= 15 is 0 Å². The number of hydrogen-bond donors (Lipinski definition) is 1. The second-order valence-corrected chi connectivity index (χ2v) is 6.70. The molecular weight excluding hydrogens is 342 g/mol. The molecule has 3 aromatic rings. The highest BCUT2D eigenvalue weighted by Crippen LogP contribution is 2.33. The molecule has 4 rings (SSSR count). The fourth-order valence-corrected chi connectivity index (χ4v) is 3.37. The predicted octanol–water partition coefficient (Wildman–Crippen LogP) is 4.66. The smallest absolute Gasteiger partial charge is 0.255 e. The number of carbonyl (C=O) groups excluding carboxylic acids is 1. The lowest BCUT2D eigenvalue weighted by atomic mass is 10.1. The summed E-state index contributed by atoms with van der Waals surface area (Å²) in [7, 11) is 1.59. The number of nitrogens with zero attached hydrogens (tertiary/aromatic N) is 2. The van der Waals surface area contributed by atoms with Crippen LogP contribution in [0.4, 0.5) is 5.69 Å². The Morgan fingerprint density at radius 3 is 2.67 bits per heavy atom. The Hall–Kier alpha value is -3.15. The minimum Gasteiger partial charge on any atom is -0.497 e. The maximum atomic E-state index is 12.4. The maximum absolute atomic E-state index is 12.4. The minimum absolute atomic E-state index is 0.186. The van der Waals surface area contributed by atoms with Gasteiger partial charge in [-0.2, -0.15) is 4.98 Å². The zero-order valence-corrected chi connectivity index (χ0v) is 15.1. The monoisotopic (exact) mass is 363 g/mol. The number of benzene rings is 2. The van der Waals surface area contributed by atoms with Crippen molar-refractivity contribution >= 4 is 11.6 Å².